The summed E-state index contributed by atoms with van der Waals surface area (Å²) in [7, 11) is 0. The molecule has 0 radical (unpaired) electrons. The molecule has 0 aromatic rings. The van der Waals surface area contributed by atoms with Gasteiger partial charge in [-0.3, -0.25) is 0 Å². The molecule has 4 aliphatic carbocycles. The third-order valence-corrected chi connectivity index (χ3v) is 9.48. The molecule has 0 unspecified atom stereocenters. The monoisotopic (exact) mass is 330 g/mol. The molecule has 0 saturated heterocycles. The zero-order chi connectivity index (χ0) is 17.3. The highest BCUT2D eigenvalue weighted by molar-refractivity contribution is 5.14. The summed E-state index contributed by atoms with van der Waals surface area (Å²) in [4.78, 5) is 0. The Labute approximate surface area is 149 Å². The second-order valence-corrected chi connectivity index (χ2v) is 10.7. The molecule has 0 heterocycles. The van der Waals surface area contributed by atoms with E-state index in [0.29, 0.717) is 11.3 Å². The molecule has 9 atom stereocenters. The smallest absolute Gasteiger partial charge is 0.0648 e. The predicted octanol–water partition coefficient (Wildman–Crippen LogP) is 5.83. The average Bonchev–Trinajstić information content (AvgIpc) is 2.85. The zero-order valence-electron chi connectivity index (χ0n) is 16.4. The van der Waals surface area contributed by atoms with Gasteiger partial charge in [0.25, 0.3) is 0 Å². The molecule has 1 heteroatoms. The van der Waals surface area contributed by atoms with Crippen LogP contribution in [0.15, 0.2) is 12.2 Å². The van der Waals surface area contributed by atoms with Gasteiger partial charge in [-0.15, -0.1) is 0 Å². The van der Waals surface area contributed by atoms with E-state index in [9.17, 15) is 5.11 Å². The van der Waals surface area contributed by atoms with E-state index in [-0.39, 0.29) is 0 Å². The van der Waals surface area contributed by atoms with E-state index >= 15 is 0 Å². The van der Waals surface area contributed by atoms with Gasteiger partial charge in [-0.2, -0.15) is 0 Å². The summed E-state index contributed by atoms with van der Waals surface area (Å²) in [6.45, 7) is 13.6. The molecule has 0 bridgehead atoms. The Hall–Kier alpha value is -0.300. The Morgan fingerprint density at radius 1 is 1.00 bits per heavy atom. The molecule has 0 aliphatic heterocycles. The van der Waals surface area contributed by atoms with Gasteiger partial charge in [0.1, 0.15) is 0 Å². The van der Waals surface area contributed by atoms with Crippen LogP contribution < -0.4 is 0 Å². The molecule has 1 nitrogen and oxygen atoms in total. The summed E-state index contributed by atoms with van der Waals surface area (Å²) < 4.78 is 0. The van der Waals surface area contributed by atoms with Gasteiger partial charge in [-0.1, -0.05) is 26.0 Å². The van der Waals surface area contributed by atoms with Crippen LogP contribution in [0.2, 0.25) is 0 Å². The summed E-state index contributed by atoms with van der Waals surface area (Å²) in [5.74, 6) is 5.78. The van der Waals surface area contributed by atoms with Crippen molar-refractivity contribution in [1.82, 2.24) is 0 Å². The molecule has 24 heavy (non-hydrogen) atoms. The maximum atomic E-state index is 10.8. The molecule has 4 rings (SSSR count). The van der Waals surface area contributed by atoms with Crippen LogP contribution in [0, 0.1) is 46.8 Å². The predicted molar refractivity (Wildman–Crippen MR) is 101 cm³/mol. The summed E-state index contributed by atoms with van der Waals surface area (Å²) >= 11 is 0. The van der Waals surface area contributed by atoms with Crippen molar-refractivity contribution < 1.29 is 5.11 Å². The topological polar surface area (TPSA) is 20.2 Å². The van der Waals surface area contributed by atoms with Crippen molar-refractivity contribution >= 4 is 0 Å². The number of allylic oxidation sites excluding steroid dienone is 1. The fourth-order valence-corrected chi connectivity index (χ4v) is 8.06. The van der Waals surface area contributed by atoms with Crippen LogP contribution in [0.3, 0.4) is 0 Å². The summed E-state index contributed by atoms with van der Waals surface area (Å²) in [5.41, 5.74) is 1.55. The highest BCUT2D eigenvalue weighted by atomic mass is 16.3. The lowest BCUT2D eigenvalue weighted by Crippen LogP contribution is -2.52. The minimum absolute atomic E-state index is 0.421. The third-order valence-electron chi connectivity index (χ3n) is 9.48. The first-order valence-electron chi connectivity index (χ1n) is 10.6. The van der Waals surface area contributed by atoms with Crippen molar-refractivity contribution in [3.63, 3.8) is 0 Å². The highest BCUT2D eigenvalue weighted by Gasteiger charge is 2.58. The highest BCUT2D eigenvalue weighted by Crippen LogP contribution is 2.65. The van der Waals surface area contributed by atoms with Gasteiger partial charge < -0.3 is 5.11 Å². The maximum absolute atomic E-state index is 10.8. The summed E-state index contributed by atoms with van der Waals surface area (Å²) in [6.07, 6.45) is 10.8. The Balaban J connectivity index is 1.57. The molecular formula is C23H38O. The van der Waals surface area contributed by atoms with Crippen molar-refractivity contribution in [3.8, 4) is 0 Å². The number of rotatable bonds is 1. The first-order chi connectivity index (χ1) is 11.2. The van der Waals surface area contributed by atoms with E-state index in [2.05, 4.69) is 34.3 Å². The van der Waals surface area contributed by atoms with Gasteiger partial charge in [-0.25, -0.2) is 0 Å². The maximum Gasteiger partial charge on any atom is 0.0648 e. The molecular weight excluding hydrogens is 292 g/mol. The van der Waals surface area contributed by atoms with Crippen LogP contribution in [0.25, 0.3) is 0 Å². The molecule has 0 spiro atoms. The van der Waals surface area contributed by atoms with Crippen LogP contribution in [0.5, 0.6) is 0 Å². The minimum Gasteiger partial charge on any atom is -0.390 e. The Bertz CT molecular complexity index is 520. The van der Waals surface area contributed by atoms with E-state index in [0.717, 1.165) is 41.9 Å². The Kier molecular flexibility index (Phi) is 4.00. The van der Waals surface area contributed by atoms with Gasteiger partial charge in [-0.05, 0) is 112 Å². The van der Waals surface area contributed by atoms with Crippen molar-refractivity contribution in [3.05, 3.63) is 12.2 Å². The van der Waals surface area contributed by atoms with Gasteiger partial charge >= 0.3 is 0 Å². The van der Waals surface area contributed by atoms with E-state index in [1.807, 2.05) is 0 Å². The normalized spacial score (nSPS) is 57.0. The van der Waals surface area contributed by atoms with E-state index in [1.54, 1.807) is 0 Å². The standard InChI is InChI=1S/C23H38O/c1-14(2)20-8-9-21-18-7-6-16-13-23(5,24)15(3)12-19(16)17(18)10-11-22(20,21)4/h15-21,24H,1,6-13H2,2-5H3/t15-,16-,17+,18-,19+,20-,21+,22-,23+/m1/s1. The number of hydrogen-bond donors (Lipinski definition) is 1. The van der Waals surface area contributed by atoms with Crippen LogP contribution >= 0.6 is 0 Å². The minimum atomic E-state index is -0.421. The van der Waals surface area contributed by atoms with Crippen molar-refractivity contribution in [2.24, 2.45) is 46.8 Å². The Morgan fingerprint density at radius 2 is 1.75 bits per heavy atom. The average molecular weight is 331 g/mol. The fourth-order valence-electron chi connectivity index (χ4n) is 8.06. The van der Waals surface area contributed by atoms with Crippen LogP contribution in [-0.2, 0) is 0 Å². The Morgan fingerprint density at radius 3 is 2.46 bits per heavy atom. The lowest BCUT2D eigenvalue weighted by molar-refractivity contribution is -0.121. The molecule has 0 amide bonds. The lowest BCUT2D eigenvalue weighted by atomic mass is 9.48. The number of fused-ring (bicyclic) bond motifs is 5. The first kappa shape index (κ1) is 17.1. The number of aliphatic hydroxyl groups is 1. The molecule has 4 saturated carbocycles. The molecule has 1 N–H and O–H groups in total. The molecule has 136 valence electrons. The summed E-state index contributed by atoms with van der Waals surface area (Å²) in [6, 6.07) is 0. The van der Waals surface area contributed by atoms with Gasteiger partial charge in [0.05, 0.1) is 5.60 Å². The van der Waals surface area contributed by atoms with E-state index in [4.69, 9.17) is 0 Å². The second kappa shape index (κ2) is 5.60. The lowest BCUT2D eigenvalue weighted by Gasteiger charge is -2.58. The zero-order valence-corrected chi connectivity index (χ0v) is 16.4. The van der Waals surface area contributed by atoms with Crippen molar-refractivity contribution in [1.29, 1.82) is 0 Å². The fraction of sp³-hybridized carbons (Fsp3) is 0.913. The second-order valence-electron chi connectivity index (χ2n) is 10.7. The van der Waals surface area contributed by atoms with Crippen LogP contribution in [0.1, 0.15) is 79.1 Å². The van der Waals surface area contributed by atoms with E-state index < -0.39 is 5.60 Å². The number of hydrogen-bond acceptors (Lipinski definition) is 1. The molecule has 4 aliphatic rings. The summed E-state index contributed by atoms with van der Waals surface area (Å²) in [5, 5.41) is 10.8. The van der Waals surface area contributed by atoms with Crippen molar-refractivity contribution in [2.75, 3.05) is 0 Å². The van der Waals surface area contributed by atoms with Gasteiger partial charge in [0.15, 0.2) is 0 Å². The van der Waals surface area contributed by atoms with Crippen molar-refractivity contribution in [2.45, 2.75) is 84.7 Å². The molecule has 0 aromatic heterocycles. The van der Waals surface area contributed by atoms with Crippen LogP contribution in [-0.4, -0.2) is 10.7 Å². The molecule has 0 aromatic carbocycles. The van der Waals surface area contributed by atoms with Gasteiger partial charge in [0.2, 0.25) is 0 Å². The molecule has 4 fully saturated rings. The quantitative estimate of drug-likeness (QED) is 0.600. The SMILES string of the molecule is C=C(C)[C@H]1CC[C@H]2[C@@H]3CC[C@@H]4C[C@](C)(O)[C@H](C)C[C@@H]4[C@H]3CC[C@]12C. The van der Waals surface area contributed by atoms with E-state index in [1.165, 1.54) is 50.5 Å². The van der Waals surface area contributed by atoms with Gasteiger partial charge in [0, 0.05) is 0 Å². The largest absolute Gasteiger partial charge is 0.390 e. The first-order valence-corrected chi connectivity index (χ1v) is 10.6. The van der Waals surface area contributed by atoms with Crippen LogP contribution in [0.4, 0.5) is 0 Å². The third kappa shape index (κ3) is 2.37.